The van der Waals surface area contributed by atoms with Gasteiger partial charge in [-0.3, -0.25) is 0 Å². The van der Waals surface area contributed by atoms with E-state index in [1.165, 1.54) is 25.3 Å². The molecule has 1 atom stereocenters. The molecule has 0 aliphatic rings. The molecule has 0 saturated heterocycles. The van der Waals surface area contributed by atoms with E-state index >= 15 is 0 Å². The molecule has 0 saturated carbocycles. The van der Waals surface area contributed by atoms with Gasteiger partial charge in [0.05, 0.1) is 17.0 Å². The van der Waals surface area contributed by atoms with Crippen molar-refractivity contribution in [3.05, 3.63) is 59.1 Å². The van der Waals surface area contributed by atoms with E-state index in [0.29, 0.717) is 12.3 Å². The van der Waals surface area contributed by atoms with Gasteiger partial charge in [-0.05, 0) is 29.7 Å². The molecule has 22 heavy (non-hydrogen) atoms. The van der Waals surface area contributed by atoms with Crippen LogP contribution in [0.1, 0.15) is 18.4 Å². The summed E-state index contributed by atoms with van der Waals surface area (Å²) in [7, 11) is -2.12. The summed E-state index contributed by atoms with van der Waals surface area (Å²) in [6.07, 6.45) is 0. The molecule has 0 radical (unpaired) electrons. The van der Waals surface area contributed by atoms with Crippen LogP contribution in [0.2, 0.25) is 5.02 Å². The molecule has 0 aliphatic heterocycles. The largest absolute Gasteiger partial charge is 0.495 e. The zero-order valence-corrected chi connectivity index (χ0v) is 14.0. The van der Waals surface area contributed by atoms with Crippen LogP contribution in [-0.2, 0) is 10.0 Å². The van der Waals surface area contributed by atoms with E-state index < -0.39 is 10.0 Å². The second kappa shape index (κ2) is 7.13. The minimum atomic E-state index is -3.60. The third-order valence-corrected chi connectivity index (χ3v) is 5.10. The molecule has 6 heteroatoms. The molecular weight excluding hydrogens is 322 g/mol. The number of ether oxygens (including phenoxy) is 1. The van der Waals surface area contributed by atoms with Gasteiger partial charge in [0.2, 0.25) is 10.0 Å². The molecule has 0 aliphatic carbocycles. The summed E-state index contributed by atoms with van der Waals surface area (Å²) >= 11 is 5.98. The van der Waals surface area contributed by atoms with Crippen LogP contribution >= 0.6 is 11.6 Å². The minimum absolute atomic E-state index is 0.0738. The zero-order chi connectivity index (χ0) is 16.2. The topological polar surface area (TPSA) is 55.4 Å². The highest BCUT2D eigenvalue weighted by Gasteiger charge is 2.17. The predicted molar refractivity (Wildman–Crippen MR) is 88.0 cm³/mol. The molecule has 2 rings (SSSR count). The van der Waals surface area contributed by atoms with Crippen molar-refractivity contribution in [3.8, 4) is 5.75 Å². The first kappa shape index (κ1) is 16.8. The van der Waals surface area contributed by atoms with Crippen LogP contribution in [0.5, 0.6) is 5.75 Å². The summed E-state index contributed by atoms with van der Waals surface area (Å²) in [5.74, 6) is 0.517. The van der Waals surface area contributed by atoms with Gasteiger partial charge in [-0.1, -0.05) is 48.9 Å². The summed E-state index contributed by atoms with van der Waals surface area (Å²) in [6.45, 7) is 2.29. The van der Waals surface area contributed by atoms with E-state index in [-0.39, 0.29) is 15.8 Å². The molecule has 0 heterocycles. The van der Waals surface area contributed by atoms with Gasteiger partial charge in [0.15, 0.2) is 0 Å². The van der Waals surface area contributed by atoms with E-state index in [4.69, 9.17) is 16.3 Å². The highest BCUT2D eigenvalue weighted by atomic mass is 35.5. The van der Waals surface area contributed by atoms with Crippen LogP contribution in [0, 0.1) is 0 Å². The molecule has 1 unspecified atom stereocenters. The molecule has 2 aromatic rings. The summed E-state index contributed by atoms with van der Waals surface area (Å²) in [5, 5.41) is 0.265. The molecule has 0 amide bonds. The van der Waals surface area contributed by atoms with Crippen LogP contribution in [-0.4, -0.2) is 22.1 Å². The van der Waals surface area contributed by atoms with Crippen LogP contribution in [0.4, 0.5) is 0 Å². The third-order valence-electron chi connectivity index (χ3n) is 3.38. The SMILES string of the molecule is COc1ccc(S(=O)(=O)NCC(C)c2ccccc2)cc1Cl. The summed E-state index contributed by atoms with van der Waals surface area (Å²) in [5.41, 5.74) is 1.08. The minimum Gasteiger partial charge on any atom is -0.495 e. The molecule has 4 nitrogen and oxygen atoms in total. The number of methoxy groups -OCH3 is 1. The number of halogens is 1. The highest BCUT2D eigenvalue weighted by Crippen LogP contribution is 2.27. The molecular formula is C16H18ClNO3S. The first-order chi connectivity index (χ1) is 10.4. The van der Waals surface area contributed by atoms with E-state index in [1.54, 1.807) is 0 Å². The Morgan fingerprint density at radius 3 is 2.45 bits per heavy atom. The number of benzene rings is 2. The number of nitrogens with one attached hydrogen (secondary N) is 1. The Kier molecular flexibility index (Phi) is 5.45. The first-order valence-electron chi connectivity index (χ1n) is 6.82. The van der Waals surface area contributed by atoms with Gasteiger partial charge in [0, 0.05) is 6.54 Å². The normalized spacial score (nSPS) is 12.9. The lowest BCUT2D eigenvalue weighted by atomic mass is 10.0. The quantitative estimate of drug-likeness (QED) is 0.877. The lowest BCUT2D eigenvalue weighted by Crippen LogP contribution is -2.27. The van der Waals surface area contributed by atoms with Gasteiger partial charge in [-0.15, -0.1) is 0 Å². The average Bonchev–Trinajstić information content (AvgIpc) is 2.53. The van der Waals surface area contributed by atoms with E-state index in [2.05, 4.69) is 4.72 Å². The van der Waals surface area contributed by atoms with Crippen molar-refractivity contribution < 1.29 is 13.2 Å². The van der Waals surface area contributed by atoms with Crippen LogP contribution in [0.15, 0.2) is 53.4 Å². The van der Waals surface area contributed by atoms with Crippen molar-refractivity contribution in [1.29, 1.82) is 0 Å². The van der Waals surface area contributed by atoms with Crippen LogP contribution in [0.25, 0.3) is 0 Å². The van der Waals surface area contributed by atoms with E-state index in [1.807, 2.05) is 37.3 Å². The van der Waals surface area contributed by atoms with Crippen molar-refractivity contribution in [3.63, 3.8) is 0 Å². The van der Waals surface area contributed by atoms with Crippen molar-refractivity contribution in [1.82, 2.24) is 4.72 Å². The van der Waals surface area contributed by atoms with Gasteiger partial charge in [0.1, 0.15) is 5.75 Å². The van der Waals surface area contributed by atoms with Gasteiger partial charge in [0.25, 0.3) is 0 Å². The van der Waals surface area contributed by atoms with Gasteiger partial charge in [-0.2, -0.15) is 0 Å². The molecule has 1 N–H and O–H groups in total. The Bertz CT molecular complexity index is 732. The van der Waals surface area contributed by atoms with Gasteiger partial charge < -0.3 is 4.74 Å². The van der Waals surface area contributed by atoms with Crippen LogP contribution < -0.4 is 9.46 Å². The average molecular weight is 340 g/mol. The summed E-state index contributed by atoms with van der Waals surface area (Å²) in [6, 6.07) is 14.1. The molecule has 0 fully saturated rings. The standard InChI is InChI=1S/C16H18ClNO3S/c1-12(13-6-4-3-5-7-13)11-18-22(19,20)14-8-9-16(21-2)15(17)10-14/h3-10,12,18H,11H2,1-2H3. The molecule has 0 bridgehead atoms. The van der Waals surface area contributed by atoms with Crippen molar-refractivity contribution in [2.45, 2.75) is 17.7 Å². The maximum atomic E-state index is 12.3. The number of rotatable bonds is 6. The van der Waals surface area contributed by atoms with Crippen LogP contribution in [0.3, 0.4) is 0 Å². The van der Waals surface area contributed by atoms with Crippen molar-refractivity contribution in [2.75, 3.05) is 13.7 Å². The summed E-state index contributed by atoms with van der Waals surface area (Å²) in [4.78, 5) is 0.124. The third kappa shape index (κ3) is 4.00. The lowest BCUT2D eigenvalue weighted by Gasteiger charge is -2.14. The lowest BCUT2D eigenvalue weighted by molar-refractivity contribution is 0.414. The Hall–Kier alpha value is -1.56. The summed E-state index contributed by atoms with van der Waals surface area (Å²) < 4.78 is 32.3. The Morgan fingerprint density at radius 2 is 1.86 bits per heavy atom. The Labute approximate surface area is 136 Å². The monoisotopic (exact) mass is 339 g/mol. The maximum Gasteiger partial charge on any atom is 0.240 e. The van der Waals surface area contributed by atoms with Gasteiger partial charge >= 0.3 is 0 Å². The van der Waals surface area contributed by atoms with Gasteiger partial charge in [-0.25, -0.2) is 13.1 Å². The smallest absolute Gasteiger partial charge is 0.240 e. The number of sulfonamides is 1. The molecule has 2 aromatic carbocycles. The Morgan fingerprint density at radius 1 is 1.18 bits per heavy atom. The van der Waals surface area contributed by atoms with E-state index in [0.717, 1.165) is 5.56 Å². The van der Waals surface area contributed by atoms with E-state index in [9.17, 15) is 8.42 Å². The predicted octanol–water partition coefficient (Wildman–Crippen LogP) is 3.43. The first-order valence-corrected chi connectivity index (χ1v) is 8.68. The molecule has 118 valence electrons. The zero-order valence-electron chi connectivity index (χ0n) is 12.4. The number of hydrogen-bond donors (Lipinski definition) is 1. The fourth-order valence-electron chi connectivity index (χ4n) is 2.03. The Balaban J connectivity index is 2.10. The van der Waals surface area contributed by atoms with Crippen molar-refractivity contribution in [2.24, 2.45) is 0 Å². The van der Waals surface area contributed by atoms with Crippen molar-refractivity contribution >= 4 is 21.6 Å². The number of hydrogen-bond acceptors (Lipinski definition) is 3. The second-order valence-electron chi connectivity index (χ2n) is 4.96. The molecule has 0 spiro atoms. The molecule has 0 aromatic heterocycles. The second-order valence-corrected chi connectivity index (χ2v) is 7.13. The fourth-order valence-corrected chi connectivity index (χ4v) is 3.51. The highest BCUT2D eigenvalue weighted by molar-refractivity contribution is 7.89. The maximum absolute atomic E-state index is 12.3. The fraction of sp³-hybridized carbons (Fsp3) is 0.250.